The smallest absolute Gasteiger partial charge is 0.161 e. The summed E-state index contributed by atoms with van der Waals surface area (Å²) in [5.41, 5.74) is 1.70. The van der Waals surface area contributed by atoms with Crippen molar-refractivity contribution in [2.24, 2.45) is 0 Å². The molecule has 0 aliphatic carbocycles. The highest BCUT2D eigenvalue weighted by Crippen LogP contribution is 2.31. The first kappa shape index (κ1) is 15.6. The Hall–Kier alpha value is -2.87. The predicted octanol–water partition coefficient (Wildman–Crippen LogP) is 1.63. The summed E-state index contributed by atoms with van der Waals surface area (Å²) in [4.78, 5) is 0. The molecule has 1 unspecified atom stereocenters. The highest BCUT2D eigenvalue weighted by Gasteiger charge is 2.21. The van der Waals surface area contributed by atoms with Crippen molar-refractivity contribution in [1.29, 1.82) is 0 Å². The number of methoxy groups -OCH3 is 1. The van der Waals surface area contributed by atoms with Crippen molar-refractivity contribution in [3.8, 4) is 22.8 Å². The van der Waals surface area contributed by atoms with Crippen LogP contribution in [0.25, 0.3) is 11.3 Å². The van der Waals surface area contributed by atoms with Gasteiger partial charge in [0.15, 0.2) is 17.6 Å². The maximum Gasteiger partial charge on any atom is 0.161 e. The van der Waals surface area contributed by atoms with E-state index in [-0.39, 0.29) is 6.10 Å². The van der Waals surface area contributed by atoms with Crippen LogP contribution in [0.15, 0.2) is 42.9 Å². The van der Waals surface area contributed by atoms with Gasteiger partial charge >= 0.3 is 0 Å². The molecule has 2 aromatic heterocycles. The van der Waals surface area contributed by atoms with Crippen LogP contribution in [0.3, 0.4) is 0 Å². The largest absolute Gasteiger partial charge is 0.486 e. The number of benzene rings is 1. The van der Waals surface area contributed by atoms with E-state index < -0.39 is 0 Å². The molecule has 8 nitrogen and oxygen atoms in total. The Morgan fingerprint density at radius 1 is 1.20 bits per heavy atom. The first-order chi connectivity index (χ1) is 12.3. The van der Waals surface area contributed by atoms with E-state index in [0.717, 1.165) is 22.8 Å². The van der Waals surface area contributed by atoms with Gasteiger partial charge in [-0.1, -0.05) is 17.3 Å². The van der Waals surface area contributed by atoms with E-state index in [2.05, 4.69) is 15.4 Å². The quantitative estimate of drug-likeness (QED) is 0.678. The van der Waals surface area contributed by atoms with Gasteiger partial charge < -0.3 is 14.2 Å². The number of ether oxygens (including phenoxy) is 3. The molecule has 8 heteroatoms. The zero-order valence-corrected chi connectivity index (χ0v) is 13.9. The molecule has 3 heterocycles. The number of hydrogen-bond donors (Lipinski definition) is 0. The zero-order chi connectivity index (χ0) is 17.1. The molecule has 1 atom stereocenters. The van der Waals surface area contributed by atoms with Gasteiger partial charge in [-0.3, -0.25) is 4.68 Å². The molecule has 4 rings (SSSR count). The van der Waals surface area contributed by atoms with E-state index in [1.165, 1.54) is 0 Å². The summed E-state index contributed by atoms with van der Waals surface area (Å²) in [6.07, 6.45) is 5.50. The molecule has 25 heavy (non-hydrogen) atoms. The van der Waals surface area contributed by atoms with Crippen LogP contribution >= 0.6 is 0 Å². The van der Waals surface area contributed by atoms with Gasteiger partial charge in [-0.05, 0) is 12.1 Å². The van der Waals surface area contributed by atoms with Gasteiger partial charge in [0.2, 0.25) is 0 Å². The molecule has 0 fully saturated rings. The fraction of sp³-hybridized carbons (Fsp3) is 0.353. The molecular formula is C17H19N5O3. The predicted molar refractivity (Wildman–Crippen MR) is 89.5 cm³/mol. The van der Waals surface area contributed by atoms with Crippen molar-refractivity contribution in [1.82, 2.24) is 24.8 Å². The zero-order valence-electron chi connectivity index (χ0n) is 13.9. The second kappa shape index (κ2) is 6.94. The third-order valence-electron chi connectivity index (χ3n) is 3.95. The van der Waals surface area contributed by atoms with Crippen molar-refractivity contribution in [2.75, 3.05) is 20.3 Å². The summed E-state index contributed by atoms with van der Waals surface area (Å²) in [6, 6.07) is 7.67. The maximum absolute atomic E-state index is 5.96. The molecule has 0 saturated carbocycles. The Kier molecular flexibility index (Phi) is 4.34. The highest BCUT2D eigenvalue weighted by molar-refractivity contribution is 5.55. The minimum Gasteiger partial charge on any atom is -0.486 e. The molecule has 3 aromatic rings. The Morgan fingerprint density at radius 3 is 2.96 bits per heavy atom. The van der Waals surface area contributed by atoms with Crippen molar-refractivity contribution in [3.63, 3.8) is 0 Å². The van der Waals surface area contributed by atoms with Gasteiger partial charge in [0.05, 0.1) is 32.1 Å². The molecule has 0 amide bonds. The summed E-state index contributed by atoms with van der Waals surface area (Å²) in [5.74, 6) is 1.54. The second-order valence-electron chi connectivity index (χ2n) is 5.81. The van der Waals surface area contributed by atoms with Crippen LogP contribution in [0.2, 0.25) is 0 Å². The lowest BCUT2D eigenvalue weighted by molar-refractivity contribution is 0.0755. The number of hydrogen-bond acceptors (Lipinski definition) is 6. The second-order valence-corrected chi connectivity index (χ2v) is 5.81. The molecule has 130 valence electrons. The fourth-order valence-electron chi connectivity index (χ4n) is 2.68. The molecule has 0 radical (unpaired) electrons. The summed E-state index contributed by atoms with van der Waals surface area (Å²) < 4.78 is 20.3. The van der Waals surface area contributed by atoms with Crippen LogP contribution in [0.5, 0.6) is 11.5 Å². The van der Waals surface area contributed by atoms with Gasteiger partial charge in [0.25, 0.3) is 0 Å². The number of nitrogens with zero attached hydrogens (tertiary/aromatic N) is 5. The molecular weight excluding hydrogens is 322 g/mol. The van der Waals surface area contributed by atoms with Crippen LogP contribution in [-0.2, 0) is 17.8 Å². The average molecular weight is 341 g/mol. The Labute approximate surface area is 144 Å². The van der Waals surface area contributed by atoms with Crippen LogP contribution < -0.4 is 9.47 Å². The summed E-state index contributed by atoms with van der Waals surface area (Å²) in [5, 5.41) is 12.7. The monoisotopic (exact) mass is 341 g/mol. The number of fused-ring (bicyclic) bond motifs is 1. The molecule has 0 N–H and O–H groups in total. The van der Waals surface area contributed by atoms with Gasteiger partial charge in [-0.2, -0.15) is 5.10 Å². The summed E-state index contributed by atoms with van der Waals surface area (Å²) in [7, 11) is 1.67. The third kappa shape index (κ3) is 3.48. The Morgan fingerprint density at radius 2 is 2.08 bits per heavy atom. The third-order valence-corrected chi connectivity index (χ3v) is 3.95. The van der Waals surface area contributed by atoms with Crippen LogP contribution in [0.4, 0.5) is 0 Å². The van der Waals surface area contributed by atoms with E-state index in [1.54, 1.807) is 18.0 Å². The minimum absolute atomic E-state index is 0.103. The molecule has 0 saturated heterocycles. The van der Waals surface area contributed by atoms with Crippen molar-refractivity contribution < 1.29 is 14.2 Å². The van der Waals surface area contributed by atoms with Crippen molar-refractivity contribution in [2.45, 2.75) is 19.2 Å². The van der Waals surface area contributed by atoms with Crippen LogP contribution in [-0.4, -0.2) is 51.2 Å². The van der Waals surface area contributed by atoms with Gasteiger partial charge in [-0.25, -0.2) is 4.68 Å². The van der Waals surface area contributed by atoms with E-state index in [1.807, 2.05) is 41.3 Å². The minimum atomic E-state index is -0.103. The molecule has 1 aromatic carbocycles. The Balaban J connectivity index is 1.41. The average Bonchev–Trinajstić information content (AvgIpc) is 3.29. The molecule has 1 aliphatic heterocycles. The van der Waals surface area contributed by atoms with Crippen LogP contribution in [0, 0.1) is 0 Å². The molecule has 1 aliphatic rings. The van der Waals surface area contributed by atoms with Crippen molar-refractivity contribution in [3.05, 3.63) is 42.9 Å². The lowest BCUT2D eigenvalue weighted by Crippen LogP contribution is -2.33. The normalized spacial score (nSPS) is 16.1. The van der Waals surface area contributed by atoms with E-state index in [0.29, 0.717) is 26.3 Å². The van der Waals surface area contributed by atoms with Gasteiger partial charge in [0, 0.05) is 18.9 Å². The van der Waals surface area contributed by atoms with Gasteiger partial charge in [0.1, 0.15) is 12.3 Å². The lowest BCUT2D eigenvalue weighted by Gasteiger charge is -2.26. The first-order valence-electron chi connectivity index (χ1n) is 8.12. The highest BCUT2D eigenvalue weighted by atomic mass is 16.6. The van der Waals surface area contributed by atoms with Gasteiger partial charge in [-0.15, -0.1) is 5.10 Å². The van der Waals surface area contributed by atoms with E-state index in [4.69, 9.17) is 14.2 Å². The first-order valence-corrected chi connectivity index (χ1v) is 8.12. The fourth-order valence-corrected chi connectivity index (χ4v) is 2.68. The number of para-hydroxylation sites is 2. The summed E-state index contributed by atoms with van der Waals surface area (Å²) in [6.45, 7) is 2.38. The molecule has 0 spiro atoms. The van der Waals surface area contributed by atoms with Crippen molar-refractivity contribution >= 4 is 0 Å². The summed E-state index contributed by atoms with van der Waals surface area (Å²) >= 11 is 0. The van der Waals surface area contributed by atoms with E-state index in [9.17, 15) is 0 Å². The number of rotatable bonds is 6. The Bertz CT molecular complexity index is 844. The van der Waals surface area contributed by atoms with Crippen LogP contribution in [0.1, 0.15) is 0 Å². The standard InChI is InChI=1S/C17H19N5O3/c1-23-7-6-21-9-13(8-18-21)15-11-22(20-19-15)10-14-12-24-16-4-2-3-5-17(16)25-14/h2-5,8-9,11,14H,6-7,10,12H2,1H3. The molecule has 0 bridgehead atoms. The topological polar surface area (TPSA) is 76.2 Å². The lowest BCUT2D eigenvalue weighted by atomic mass is 10.2. The SMILES string of the molecule is COCCn1cc(-c2cn(CC3COc4ccccc4O3)nn2)cn1. The number of aromatic nitrogens is 5. The maximum atomic E-state index is 5.96. The van der Waals surface area contributed by atoms with E-state index >= 15 is 0 Å².